The van der Waals surface area contributed by atoms with Gasteiger partial charge in [0.25, 0.3) is 5.91 Å². The van der Waals surface area contributed by atoms with Crippen molar-refractivity contribution in [1.29, 1.82) is 0 Å². The Balaban J connectivity index is 1.51. The number of ether oxygens (including phenoxy) is 1. The molecule has 1 saturated carbocycles. The Kier molecular flexibility index (Phi) is 6.47. The van der Waals surface area contributed by atoms with Crippen molar-refractivity contribution in [1.82, 2.24) is 10.3 Å². The van der Waals surface area contributed by atoms with Crippen LogP contribution in [0.4, 0.5) is 5.82 Å². The van der Waals surface area contributed by atoms with Gasteiger partial charge in [0.15, 0.2) is 0 Å². The van der Waals surface area contributed by atoms with Crippen molar-refractivity contribution in [3.8, 4) is 5.75 Å². The molecule has 5 nitrogen and oxygen atoms in total. The number of carbonyl (C=O) groups excluding carboxylic acids is 1. The molecule has 0 spiro atoms. The summed E-state index contributed by atoms with van der Waals surface area (Å²) in [6, 6.07) is 11.9. The van der Waals surface area contributed by atoms with Crippen LogP contribution in [0.25, 0.3) is 0 Å². The molecule has 2 N–H and O–H groups in total. The van der Waals surface area contributed by atoms with Gasteiger partial charge in [0.2, 0.25) is 0 Å². The highest BCUT2D eigenvalue weighted by atomic mass is 16.5. The predicted molar refractivity (Wildman–Crippen MR) is 104 cm³/mol. The van der Waals surface area contributed by atoms with Crippen LogP contribution in [-0.2, 0) is 6.54 Å². The van der Waals surface area contributed by atoms with E-state index < -0.39 is 0 Å². The number of rotatable bonds is 6. The summed E-state index contributed by atoms with van der Waals surface area (Å²) in [5.74, 6) is 1.58. The first-order valence-electron chi connectivity index (χ1n) is 9.38. The van der Waals surface area contributed by atoms with E-state index in [1.807, 2.05) is 36.4 Å². The fourth-order valence-electron chi connectivity index (χ4n) is 3.26. The molecule has 2 aromatic rings. The summed E-state index contributed by atoms with van der Waals surface area (Å²) in [5.41, 5.74) is 1.76. The summed E-state index contributed by atoms with van der Waals surface area (Å²) in [5, 5.41) is 6.42. The molecule has 1 heterocycles. The van der Waals surface area contributed by atoms with E-state index in [0.29, 0.717) is 18.2 Å². The third-order valence-corrected chi connectivity index (χ3v) is 4.85. The maximum atomic E-state index is 12.4. The second kappa shape index (κ2) is 9.22. The van der Waals surface area contributed by atoms with Crippen LogP contribution in [0.3, 0.4) is 0 Å². The number of hydrogen-bond donors (Lipinski definition) is 2. The van der Waals surface area contributed by atoms with Crippen LogP contribution in [0.15, 0.2) is 42.6 Å². The van der Waals surface area contributed by atoms with E-state index in [9.17, 15) is 4.79 Å². The summed E-state index contributed by atoms with van der Waals surface area (Å²) in [7, 11) is 1.66. The number of nitrogens with one attached hydrogen (secondary N) is 2. The van der Waals surface area contributed by atoms with Gasteiger partial charge in [-0.25, -0.2) is 4.98 Å². The number of aromatic nitrogens is 1. The zero-order valence-electron chi connectivity index (χ0n) is 15.3. The monoisotopic (exact) mass is 353 g/mol. The summed E-state index contributed by atoms with van der Waals surface area (Å²) in [6.07, 6.45) is 8.78. The third-order valence-electron chi connectivity index (χ3n) is 4.85. The Morgan fingerprint density at radius 2 is 1.81 bits per heavy atom. The lowest BCUT2D eigenvalue weighted by molar-refractivity contribution is 0.0933. The molecule has 1 aromatic carbocycles. The van der Waals surface area contributed by atoms with Crippen LogP contribution in [0.1, 0.15) is 54.4 Å². The molecule has 1 aliphatic carbocycles. The fraction of sp³-hybridized carbons (Fsp3) is 0.429. The van der Waals surface area contributed by atoms with E-state index in [2.05, 4.69) is 15.6 Å². The predicted octanol–water partition coefficient (Wildman–Crippen LogP) is 4.15. The molecule has 1 aliphatic rings. The molecular formula is C21H27N3O2. The van der Waals surface area contributed by atoms with Gasteiger partial charge in [-0.3, -0.25) is 4.79 Å². The van der Waals surface area contributed by atoms with Crippen LogP contribution in [0.5, 0.6) is 5.75 Å². The first-order valence-corrected chi connectivity index (χ1v) is 9.38. The van der Waals surface area contributed by atoms with Gasteiger partial charge in [-0.05, 0) is 42.7 Å². The number of benzene rings is 1. The maximum absolute atomic E-state index is 12.4. The van der Waals surface area contributed by atoms with Crippen molar-refractivity contribution in [2.75, 3.05) is 12.4 Å². The Labute approximate surface area is 155 Å². The van der Waals surface area contributed by atoms with Crippen molar-refractivity contribution < 1.29 is 9.53 Å². The molecule has 0 aliphatic heterocycles. The number of nitrogens with zero attached hydrogens (tertiary/aromatic N) is 1. The topological polar surface area (TPSA) is 63.2 Å². The van der Waals surface area contributed by atoms with Gasteiger partial charge in [-0.1, -0.05) is 37.8 Å². The van der Waals surface area contributed by atoms with Crippen LogP contribution in [0.2, 0.25) is 0 Å². The Bertz CT molecular complexity index is 690. The van der Waals surface area contributed by atoms with Crippen LogP contribution in [0, 0.1) is 0 Å². The molecule has 0 atom stereocenters. The highest BCUT2D eigenvalue weighted by Crippen LogP contribution is 2.18. The van der Waals surface area contributed by atoms with Gasteiger partial charge in [-0.2, -0.15) is 0 Å². The average molecular weight is 353 g/mol. The molecule has 0 unspecified atom stereocenters. The standard InChI is InChI=1S/C21H27N3O2/c1-26-19-11-8-16(9-12-19)14-22-20-13-10-17(15-23-20)21(25)24-18-6-4-2-3-5-7-18/h8-13,15,18H,2-7,14H2,1H3,(H,22,23)(H,24,25). The van der Waals surface area contributed by atoms with Crippen LogP contribution >= 0.6 is 0 Å². The van der Waals surface area contributed by atoms with Gasteiger partial charge < -0.3 is 15.4 Å². The van der Waals surface area contributed by atoms with E-state index in [-0.39, 0.29) is 5.91 Å². The number of anilines is 1. The quantitative estimate of drug-likeness (QED) is 0.766. The Morgan fingerprint density at radius 1 is 1.08 bits per heavy atom. The van der Waals surface area contributed by atoms with Crippen LogP contribution < -0.4 is 15.4 Å². The maximum Gasteiger partial charge on any atom is 0.253 e. The molecule has 1 fully saturated rings. The molecule has 138 valence electrons. The smallest absolute Gasteiger partial charge is 0.253 e. The average Bonchev–Trinajstić information content (AvgIpc) is 2.96. The van der Waals surface area contributed by atoms with Crippen LogP contribution in [-0.4, -0.2) is 24.0 Å². The van der Waals surface area contributed by atoms with E-state index in [1.165, 1.54) is 25.7 Å². The summed E-state index contributed by atoms with van der Waals surface area (Å²) in [4.78, 5) is 16.8. The van der Waals surface area contributed by atoms with Gasteiger partial charge in [0, 0.05) is 18.8 Å². The molecule has 1 aromatic heterocycles. The van der Waals surface area contributed by atoms with E-state index in [0.717, 1.165) is 30.0 Å². The number of hydrogen-bond acceptors (Lipinski definition) is 4. The van der Waals surface area contributed by atoms with E-state index in [4.69, 9.17) is 4.74 Å². The number of methoxy groups -OCH3 is 1. The first kappa shape index (κ1) is 18.2. The molecule has 0 radical (unpaired) electrons. The van der Waals surface area contributed by atoms with Gasteiger partial charge in [0.1, 0.15) is 11.6 Å². The van der Waals surface area contributed by atoms with Crippen molar-refractivity contribution in [2.45, 2.75) is 51.1 Å². The lowest BCUT2D eigenvalue weighted by Gasteiger charge is -2.16. The Morgan fingerprint density at radius 3 is 2.42 bits per heavy atom. The van der Waals surface area contributed by atoms with Gasteiger partial charge in [0.05, 0.1) is 12.7 Å². The number of carbonyl (C=O) groups is 1. The second-order valence-corrected chi connectivity index (χ2v) is 6.80. The van der Waals surface area contributed by atoms with Crippen molar-refractivity contribution in [3.05, 3.63) is 53.7 Å². The first-order chi connectivity index (χ1) is 12.7. The van der Waals surface area contributed by atoms with Gasteiger partial charge >= 0.3 is 0 Å². The molecule has 5 heteroatoms. The molecular weight excluding hydrogens is 326 g/mol. The lowest BCUT2D eigenvalue weighted by Crippen LogP contribution is -2.34. The normalized spacial score (nSPS) is 15.1. The third kappa shape index (κ3) is 5.22. The zero-order chi connectivity index (χ0) is 18.2. The minimum atomic E-state index is -0.0221. The minimum Gasteiger partial charge on any atom is -0.497 e. The minimum absolute atomic E-state index is 0.0221. The summed E-state index contributed by atoms with van der Waals surface area (Å²) in [6.45, 7) is 0.671. The number of pyridine rings is 1. The van der Waals surface area contributed by atoms with Crippen molar-refractivity contribution in [3.63, 3.8) is 0 Å². The zero-order valence-corrected chi connectivity index (χ0v) is 15.3. The van der Waals surface area contributed by atoms with E-state index >= 15 is 0 Å². The lowest BCUT2D eigenvalue weighted by atomic mass is 10.1. The fourth-order valence-corrected chi connectivity index (χ4v) is 3.26. The second-order valence-electron chi connectivity index (χ2n) is 6.80. The molecule has 26 heavy (non-hydrogen) atoms. The van der Waals surface area contributed by atoms with Crippen molar-refractivity contribution in [2.24, 2.45) is 0 Å². The summed E-state index contributed by atoms with van der Waals surface area (Å²) >= 11 is 0. The summed E-state index contributed by atoms with van der Waals surface area (Å²) < 4.78 is 5.16. The SMILES string of the molecule is COc1ccc(CNc2ccc(C(=O)NC3CCCCCC3)cn2)cc1. The highest BCUT2D eigenvalue weighted by Gasteiger charge is 2.15. The van der Waals surface area contributed by atoms with Crippen molar-refractivity contribution >= 4 is 11.7 Å². The number of amides is 1. The Hall–Kier alpha value is -2.56. The molecule has 1 amide bonds. The molecule has 0 saturated heterocycles. The largest absolute Gasteiger partial charge is 0.497 e. The molecule has 3 rings (SSSR count). The van der Waals surface area contributed by atoms with E-state index in [1.54, 1.807) is 13.3 Å². The highest BCUT2D eigenvalue weighted by molar-refractivity contribution is 5.94. The van der Waals surface area contributed by atoms with Gasteiger partial charge in [-0.15, -0.1) is 0 Å². The molecule has 0 bridgehead atoms.